The second kappa shape index (κ2) is 6.09. The van der Waals surface area contributed by atoms with Gasteiger partial charge in [0.05, 0.1) is 18.5 Å². The number of hydrogen-bond donors (Lipinski definition) is 2. The summed E-state index contributed by atoms with van der Waals surface area (Å²) < 4.78 is 5.46. The first-order valence-electron chi connectivity index (χ1n) is 7.35. The van der Waals surface area contributed by atoms with Gasteiger partial charge in [-0.1, -0.05) is 0 Å². The predicted octanol–water partition coefficient (Wildman–Crippen LogP) is 2.94. The predicted molar refractivity (Wildman–Crippen MR) is 80.0 cm³/mol. The fraction of sp³-hybridized carbons (Fsp3) is 0.438. The zero-order chi connectivity index (χ0) is 13.8. The minimum absolute atomic E-state index is 0.514. The summed E-state index contributed by atoms with van der Waals surface area (Å²) in [6.07, 6.45) is 4.37. The van der Waals surface area contributed by atoms with Gasteiger partial charge in [0.15, 0.2) is 0 Å². The lowest BCUT2D eigenvalue weighted by molar-refractivity contribution is 0.340. The number of imidazole rings is 1. The average molecular weight is 271 g/mol. The number of nitrogens with zero attached hydrogens (tertiary/aromatic N) is 1. The Kier molecular flexibility index (Phi) is 4.02. The molecule has 1 aromatic carbocycles. The molecule has 106 valence electrons. The molecule has 1 unspecified atom stereocenters. The third-order valence-electron chi connectivity index (χ3n) is 3.76. The molecule has 1 atom stereocenters. The Morgan fingerprint density at radius 1 is 1.30 bits per heavy atom. The van der Waals surface area contributed by atoms with Crippen molar-refractivity contribution in [1.29, 1.82) is 0 Å². The monoisotopic (exact) mass is 271 g/mol. The number of piperidine rings is 1. The standard InChI is InChI=1S/C16H21N3O/c1-2-20-14-7-5-12(6-8-14)15-11-18-16(19-15)13-4-3-9-17-10-13/h5-8,11,13,17H,2-4,9-10H2,1H3,(H,18,19). The van der Waals surface area contributed by atoms with Crippen molar-refractivity contribution in [3.63, 3.8) is 0 Å². The first-order valence-corrected chi connectivity index (χ1v) is 7.35. The van der Waals surface area contributed by atoms with Crippen molar-refractivity contribution in [3.8, 4) is 17.0 Å². The van der Waals surface area contributed by atoms with E-state index in [2.05, 4.69) is 27.4 Å². The van der Waals surface area contributed by atoms with E-state index in [1.165, 1.54) is 12.8 Å². The molecule has 4 heteroatoms. The van der Waals surface area contributed by atoms with Crippen LogP contribution >= 0.6 is 0 Å². The molecule has 0 bridgehead atoms. The van der Waals surface area contributed by atoms with Crippen molar-refractivity contribution < 1.29 is 4.74 Å². The summed E-state index contributed by atoms with van der Waals surface area (Å²) in [6, 6.07) is 8.14. The number of H-pyrrole nitrogens is 1. The molecule has 1 aliphatic heterocycles. The summed E-state index contributed by atoms with van der Waals surface area (Å²) in [4.78, 5) is 8.01. The minimum Gasteiger partial charge on any atom is -0.494 e. The lowest BCUT2D eigenvalue weighted by Crippen LogP contribution is -2.28. The quantitative estimate of drug-likeness (QED) is 0.899. The molecule has 1 aromatic heterocycles. The van der Waals surface area contributed by atoms with E-state index in [0.29, 0.717) is 12.5 Å². The summed E-state index contributed by atoms with van der Waals surface area (Å²) in [6.45, 7) is 4.84. The average Bonchev–Trinajstić information content (AvgIpc) is 2.99. The van der Waals surface area contributed by atoms with E-state index >= 15 is 0 Å². The summed E-state index contributed by atoms with van der Waals surface area (Å²) in [5, 5.41) is 3.43. The third-order valence-corrected chi connectivity index (χ3v) is 3.76. The molecule has 0 aliphatic carbocycles. The second-order valence-corrected chi connectivity index (χ2v) is 5.18. The van der Waals surface area contributed by atoms with Gasteiger partial charge < -0.3 is 15.0 Å². The Morgan fingerprint density at radius 2 is 2.15 bits per heavy atom. The van der Waals surface area contributed by atoms with Crippen LogP contribution in [0.25, 0.3) is 11.3 Å². The molecule has 2 heterocycles. The number of nitrogens with one attached hydrogen (secondary N) is 2. The fourth-order valence-corrected chi connectivity index (χ4v) is 2.67. The lowest BCUT2D eigenvalue weighted by Gasteiger charge is -2.20. The maximum Gasteiger partial charge on any atom is 0.119 e. The zero-order valence-corrected chi connectivity index (χ0v) is 11.9. The van der Waals surface area contributed by atoms with Gasteiger partial charge in [0.25, 0.3) is 0 Å². The Morgan fingerprint density at radius 3 is 2.85 bits per heavy atom. The van der Waals surface area contributed by atoms with E-state index in [1.54, 1.807) is 0 Å². The van der Waals surface area contributed by atoms with Gasteiger partial charge >= 0.3 is 0 Å². The van der Waals surface area contributed by atoms with Gasteiger partial charge in [0.2, 0.25) is 0 Å². The van der Waals surface area contributed by atoms with Crippen LogP contribution in [-0.2, 0) is 0 Å². The maximum atomic E-state index is 5.46. The van der Waals surface area contributed by atoms with Crippen LogP contribution in [-0.4, -0.2) is 29.7 Å². The topological polar surface area (TPSA) is 49.9 Å². The fourth-order valence-electron chi connectivity index (χ4n) is 2.67. The summed E-state index contributed by atoms with van der Waals surface area (Å²) in [5.74, 6) is 2.52. The molecular formula is C16H21N3O. The van der Waals surface area contributed by atoms with Crippen LogP contribution in [0.5, 0.6) is 5.75 Å². The highest BCUT2D eigenvalue weighted by Gasteiger charge is 2.18. The second-order valence-electron chi connectivity index (χ2n) is 5.18. The van der Waals surface area contributed by atoms with Crippen LogP contribution < -0.4 is 10.1 Å². The van der Waals surface area contributed by atoms with Gasteiger partial charge in [-0.25, -0.2) is 4.98 Å². The van der Waals surface area contributed by atoms with Crippen molar-refractivity contribution >= 4 is 0 Å². The van der Waals surface area contributed by atoms with Crippen LogP contribution in [0.15, 0.2) is 30.5 Å². The molecule has 0 spiro atoms. The van der Waals surface area contributed by atoms with Crippen LogP contribution in [0, 0.1) is 0 Å². The van der Waals surface area contributed by atoms with Crippen LogP contribution in [0.2, 0.25) is 0 Å². The van der Waals surface area contributed by atoms with Crippen molar-refractivity contribution in [2.45, 2.75) is 25.7 Å². The molecule has 20 heavy (non-hydrogen) atoms. The van der Waals surface area contributed by atoms with Gasteiger partial charge in [-0.2, -0.15) is 0 Å². The molecule has 2 N–H and O–H groups in total. The lowest BCUT2D eigenvalue weighted by atomic mass is 9.99. The van der Waals surface area contributed by atoms with Crippen molar-refractivity contribution in [3.05, 3.63) is 36.3 Å². The molecule has 4 nitrogen and oxygen atoms in total. The van der Waals surface area contributed by atoms with E-state index in [9.17, 15) is 0 Å². The Labute approximate surface area is 119 Å². The normalized spacial score (nSPS) is 18.9. The van der Waals surface area contributed by atoms with Crippen molar-refractivity contribution in [1.82, 2.24) is 15.3 Å². The van der Waals surface area contributed by atoms with Gasteiger partial charge in [0.1, 0.15) is 11.6 Å². The Bertz CT molecular complexity index is 541. The summed E-state index contributed by atoms with van der Waals surface area (Å²) in [5.41, 5.74) is 2.23. The number of aromatic amines is 1. The van der Waals surface area contributed by atoms with Crippen LogP contribution in [0.4, 0.5) is 0 Å². The van der Waals surface area contributed by atoms with Crippen LogP contribution in [0.3, 0.4) is 0 Å². The van der Waals surface area contributed by atoms with E-state index < -0.39 is 0 Å². The van der Waals surface area contributed by atoms with E-state index in [4.69, 9.17) is 4.74 Å². The van der Waals surface area contributed by atoms with Crippen LogP contribution in [0.1, 0.15) is 31.5 Å². The highest BCUT2D eigenvalue weighted by atomic mass is 16.5. The third kappa shape index (κ3) is 2.85. The van der Waals surface area contributed by atoms with E-state index in [0.717, 1.165) is 35.9 Å². The molecule has 1 aliphatic rings. The number of ether oxygens (including phenoxy) is 1. The Hall–Kier alpha value is -1.81. The number of benzene rings is 1. The first-order chi connectivity index (χ1) is 9.86. The van der Waals surface area contributed by atoms with E-state index in [1.807, 2.05) is 25.3 Å². The zero-order valence-electron chi connectivity index (χ0n) is 11.9. The largest absolute Gasteiger partial charge is 0.494 e. The van der Waals surface area contributed by atoms with Gasteiger partial charge in [-0.05, 0) is 56.1 Å². The molecule has 3 rings (SSSR count). The molecule has 0 amide bonds. The number of aromatic nitrogens is 2. The smallest absolute Gasteiger partial charge is 0.119 e. The highest BCUT2D eigenvalue weighted by molar-refractivity contribution is 5.59. The summed E-state index contributed by atoms with van der Waals surface area (Å²) in [7, 11) is 0. The minimum atomic E-state index is 0.514. The molecular weight excluding hydrogens is 250 g/mol. The van der Waals surface area contributed by atoms with Gasteiger partial charge in [-0.15, -0.1) is 0 Å². The van der Waals surface area contributed by atoms with Gasteiger partial charge in [-0.3, -0.25) is 0 Å². The first kappa shape index (κ1) is 13.2. The Balaban J connectivity index is 1.75. The van der Waals surface area contributed by atoms with Gasteiger partial charge in [0, 0.05) is 12.5 Å². The molecule has 1 saturated heterocycles. The number of hydrogen-bond acceptors (Lipinski definition) is 3. The SMILES string of the molecule is CCOc1ccc(-c2cnc(C3CCCNC3)[nH]2)cc1. The van der Waals surface area contributed by atoms with Crippen molar-refractivity contribution in [2.75, 3.05) is 19.7 Å². The molecule has 2 aromatic rings. The molecule has 0 radical (unpaired) electrons. The van der Waals surface area contributed by atoms with E-state index in [-0.39, 0.29) is 0 Å². The molecule has 1 fully saturated rings. The molecule has 0 saturated carbocycles. The number of rotatable bonds is 4. The maximum absolute atomic E-state index is 5.46. The summed E-state index contributed by atoms with van der Waals surface area (Å²) >= 11 is 0. The van der Waals surface area contributed by atoms with Crippen molar-refractivity contribution in [2.24, 2.45) is 0 Å². The highest BCUT2D eigenvalue weighted by Crippen LogP contribution is 2.25.